The number of hydrogen-bond donors (Lipinski definition) is 0. The lowest BCUT2D eigenvalue weighted by Crippen LogP contribution is -2.09. The van der Waals surface area contributed by atoms with E-state index < -0.39 is 0 Å². The lowest BCUT2D eigenvalue weighted by molar-refractivity contribution is 0.103. The first-order chi connectivity index (χ1) is 12.2. The van der Waals surface area contributed by atoms with Crippen molar-refractivity contribution in [3.63, 3.8) is 0 Å². The highest BCUT2D eigenvalue weighted by Crippen LogP contribution is 2.32. The maximum atomic E-state index is 13.1. The number of aromatic nitrogens is 2. The molecule has 0 N–H and O–H groups in total. The molecular weight excluding hydrogens is 316 g/mol. The van der Waals surface area contributed by atoms with Crippen LogP contribution in [0.1, 0.15) is 21.7 Å². The van der Waals surface area contributed by atoms with Gasteiger partial charge >= 0.3 is 0 Å². The quantitative estimate of drug-likeness (QED) is 0.666. The molecule has 0 bridgehead atoms. The fourth-order valence-electron chi connectivity index (χ4n) is 2.66. The highest BCUT2D eigenvalue weighted by molar-refractivity contribution is 6.13. The monoisotopic (exact) mass is 334 g/mol. The Morgan fingerprint density at radius 3 is 2.24 bits per heavy atom. The third kappa shape index (κ3) is 3.21. The normalized spacial score (nSPS) is 10.4. The Bertz CT molecular complexity index is 922. The van der Waals surface area contributed by atoms with Gasteiger partial charge in [-0.2, -0.15) is 0 Å². The summed E-state index contributed by atoms with van der Waals surface area (Å²) in [5.74, 6) is 1.55. The predicted molar refractivity (Wildman–Crippen MR) is 95.2 cm³/mol. The molecule has 0 spiro atoms. The zero-order chi connectivity index (χ0) is 17.8. The minimum absolute atomic E-state index is 0.196. The van der Waals surface area contributed by atoms with Crippen molar-refractivity contribution in [1.82, 2.24) is 9.97 Å². The third-order valence-corrected chi connectivity index (χ3v) is 3.87. The molecule has 5 nitrogen and oxygen atoms in total. The molecule has 0 saturated carbocycles. The highest BCUT2D eigenvalue weighted by atomic mass is 16.5. The van der Waals surface area contributed by atoms with Gasteiger partial charge < -0.3 is 9.47 Å². The van der Waals surface area contributed by atoms with Crippen LogP contribution in [0.4, 0.5) is 0 Å². The summed E-state index contributed by atoms with van der Waals surface area (Å²) < 4.78 is 10.7. The number of benzene rings is 2. The second-order valence-electron chi connectivity index (χ2n) is 5.41. The zero-order valence-corrected chi connectivity index (χ0v) is 14.3. The molecule has 2 aromatic carbocycles. The lowest BCUT2D eigenvalue weighted by atomic mass is 9.98. The summed E-state index contributed by atoms with van der Waals surface area (Å²) >= 11 is 0. The van der Waals surface area contributed by atoms with E-state index in [0.29, 0.717) is 34.1 Å². The Hall–Kier alpha value is -3.21. The van der Waals surface area contributed by atoms with E-state index in [9.17, 15) is 4.79 Å². The number of ketones is 1. The van der Waals surface area contributed by atoms with Crippen LogP contribution in [0.5, 0.6) is 11.5 Å². The molecule has 0 aliphatic carbocycles. The van der Waals surface area contributed by atoms with Gasteiger partial charge in [0.15, 0.2) is 0 Å². The molecule has 5 heteroatoms. The van der Waals surface area contributed by atoms with Crippen molar-refractivity contribution in [2.24, 2.45) is 0 Å². The largest absolute Gasteiger partial charge is 0.496 e. The number of carbonyl (C=O) groups excluding carboxylic acids is 1. The van der Waals surface area contributed by atoms with Gasteiger partial charge in [-0.25, -0.2) is 9.97 Å². The minimum atomic E-state index is -0.196. The first-order valence-corrected chi connectivity index (χ1v) is 7.80. The molecule has 0 atom stereocenters. The van der Waals surface area contributed by atoms with Crippen molar-refractivity contribution in [3.8, 4) is 22.8 Å². The molecule has 126 valence electrons. The van der Waals surface area contributed by atoms with E-state index in [2.05, 4.69) is 9.97 Å². The molecule has 0 radical (unpaired) electrons. The average molecular weight is 334 g/mol. The van der Waals surface area contributed by atoms with Crippen LogP contribution in [0.3, 0.4) is 0 Å². The van der Waals surface area contributed by atoms with Gasteiger partial charge in [0.25, 0.3) is 0 Å². The lowest BCUT2D eigenvalue weighted by Gasteiger charge is -2.13. The number of carbonyl (C=O) groups is 1. The second-order valence-corrected chi connectivity index (χ2v) is 5.41. The second kappa shape index (κ2) is 7.13. The number of methoxy groups -OCH3 is 2. The Morgan fingerprint density at radius 1 is 0.880 bits per heavy atom. The van der Waals surface area contributed by atoms with E-state index in [1.165, 1.54) is 0 Å². The van der Waals surface area contributed by atoms with Gasteiger partial charge in [0, 0.05) is 11.8 Å². The summed E-state index contributed by atoms with van der Waals surface area (Å²) in [6, 6.07) is 14.6. The first-order valence-electron chi connectivity index (χ1n) is 7.80. The average Bonchev–Trinajstić information content (AvgIpc) is 2.67. The molecular formula is C20H18N2O3. The standard InChI is InChI=1S/C20H18N2O3/c1-13-21-12-16(20(23)15-9-5-7-11-18(15)25-3)19(22-13)14-8-4-6-10-17(14)24-2/h4-12H,1-3H3. The molecule has 0 aliphatic heterocycles. The predicted octanol–water partition coefficient (Wildman–Crippen LogP) is 3.70. The van der Waals surface area contributed by atoms with Crippen molar-refractivity contribution >= 4 is 5.78 Å². The number of nitrogens with zero attached hydrogens (tertiary/aromatic N) is 2. The van der Waals surface area contributed by atoms with Crippen molar-refractivity contribution < 1.29 is 14.3 Å². The van der Waals surface area contributed by atoms with E-state index in [1.54, 1.807) is 45.5 Å². The summed E-state index contributed by atoms with van der Waals surface area (Å²) in [6.07, 6.45) is 1.55. The number of para-hydroxylation sites is 2. The van der Waals surface area contributed by atoms with Gasteiger partial charge in [-0.1, -0.05) is 24.3 Å². The summed E-state index contributed by atoms with van der Waals surface area (Å²) in [6.45, 7) is 1.79. The van der Waals surface area contributed by atoms with Gasteiger partial charge in [0.05, 0.1) is 31.0 Å². The molecule has 3 rings (SSSR count). The third-order valence-electron chi connectivity index (χ3n) is 3.87. The van der Waals surface area contributed by atoms with Gasteiger partial charge in [-0.05, 0) is 31.2 Å². The van der Waals surface area contributed by atoms with Crippen LogP contribution < -0.4 is 9.47 Å². The maximum absolute atomic E-state index is 13.1. The molecule has 0 fully saturated rings. The van der Waals surface area contributed by atoms with Crippen LogP contribution in [-0.2, 0) is 0 Å². The van der Waals surface area contributed by atoms with Crippen LogP contribution in [0.25, 0.3) is 11.3 Å². The van der Waals surface area contributed by atoms with Gasteiger partial charge in [0.1, 0.15) is 17.3 Å². The van der Waals surface area contributed by atoms with Crippen LogP contribution >= 0.6 is 0 Å². The zero-order valence-electron chi connectivity index (χ0n) is 14.3. The first kappa shape index (κ1) is 16.6. The van der Waals surface area contributed by atoms with Crippen LogP contribution in [0.15, 0.2) is 54.7 Å². The molecule has 0 amide bonds. The SMILES string of the molecule is COc1ccccc1C(=O)c1cnc(C)nc1-c1ccccc1OC. The number of ether oxygens (including phenoxy) is 2. The summed E-state index contributed by atoms with van der Waals surface area (Å²) in [5, 5.41) is 0. The molecule has 0 saturated heterocycles. The Kier molecular flexibility index (Phi) is 4.75. The van der Waals surface area contributed by atoms with E-state index in [1.807, 2.05) is 30.3 Å². The smallest absolute Gasteiger partial charge is 0.200 e. The van der Waals surface area contributed by atoms with Gasteiger partial charge in [-0.3, -0.25) is 4.79 Å². The molecule has 25 heavy (non-hydrogen) atoms. The fourth-order valence-corrected chi connectivity index (χ4v) is 2.66. The van der Waals surface area contributed by atoms with E-state index >= 15 is 0 Å². The number of rotatable bonds is 5. The van der Waals surface area contributed by atoms with Crippen molar-refractivity contribution in [1.29, 1.82) is 0 Å². The Morgan fingerprint density at radius 2 is 1.52 bits per heavy atom. The summed E-state index contributed by atoms with van der Waals surface area (Å²) in [7, 11) is 3.13. The Balaban J connectivity index is 2.19. The molecule has 0 aliphatic rings. The summed E-state index contributed by atoms with van der Waals surface area (Å²) in [5.41, 5.74) is 2.16. The minimum Gasteiger partial charge on any atom is -0.496 e. The molecule has 1 aromatic heterocycles. The summed E-state index contributed by atoms with van der Waals surface area (Å²) in [4.78, 5) is 21.8. The number of aryl methyl sites for hydroxylation is 1. The molecule has 1 heterocycles. The van der Waals surface area contributed by atoms with Gasteiger partial charge in [0.2, 0.25) is 5.78 Å². The molecule has 0 unspecified atom stereocenters. The van der Waals surface area contributed by atoms with E-state index in [0.717, 1.165) is 5.56 Å². The Labute approximate surface area is 146 Å². The highest BCUT2D eigenvalue weighted by Gasteiger charge is 2.21. The van der Waals surface area contributed by atoms with Gasteiger partial charge in [-0.15, -0.1) is 0 Å². The van der Waals surface area contributed by atoms with Crippen molar-refractivity contribution in [2.45, 2.75) is 6.92 Å². The molecule has 3 aromatic rings. The van der Waals surface area contributed by atoms with Crippen molar-refractivity contribution in [2.75, 3.05) is 14.2 Å². The van der Waals surface area contributed by atoms with Crippen molar-refractivity contribution in [3.05, 3.63) is 71.7 Å². The van der Waals surface area contributed by atoms with Crippen LogP contribution in [0.2, 0.25) is 0 Å². The van der Waals surface area contributed by atoms with E-state index in [4.69, 9.17) is 9.47 Å². The van der Waals surface area contributed by atoms with Crippen LogP contribution in [-0.4, -0.2) is 30.0 Å². The van der Waals surface area contributed by atoms with Crippen LogP contribution in [0, 0.1) is 6.92 Å². The maximum Gasteiger partial charge on any atom is 0.200 e. The topological polar surface area (TPSA) is 61.3 Å². The van der Waals surface area contributed by atoms with E-state index in [-0.39, 0.29) is 5.78 Å². The fraction of sp³-hybridized carbons (Fsp3) is 0.150. The number of hydrogen-bond acceptors (Lipinski definition) is 5.